The third kappa shape index (κ3) is 4.37. The number of hydrogen-bond acceptors (Lipinski definition) is 1. The topological polar surface area (TPSA) is 20.3 Å². The lowest BCUT2D eigenvalue weighted by Crippen LogP contribution is -2.29. The highest BCUT2D eigenvalue weighted by atomic mass is 19.1. The van der Waals surface area contributed by atoms with Crippen LogP contribution in [0.2, 0.25) is 0 Å². The molecule has 0 bridgehead atoms. The van der Waals surface area contributed by atoms with Crippen molar-refractivity contribution in [1.82, 2.24) is 4.90 Å². The number of halogens is 1. The smallest absolute Gasteiger partial charge is 0.247 e. The Kier molecular flexibility index (Phi) is 5.58. The minimum atomic E-state index is -0.293. The maximum absolute atomic E-state index is 12.7. The first-order valence-electron chi connectivity index (χ1n) is 5.61. The molecule has 0 N–H and O–H groups in total. The Morgan fingerprint density at radius 2 is 1.72 bits per heavy atom. The summed E-state index contributed by atoms with van der Waals surface area (Å²) in [6.07, 6.45) is 6.43. The standard InChI is InChI=1S/C15H16FNO/c1-3-11-17(12-4-2)15(18)10-7-13-5-8-14(16)9-6-13/h3-10H,1-2,11-12H2/b10-7+. The minimum absolute atomic E-state index is 0.126. The molecule has 1 aromatic rings. The van der Waals surface area contributed by atoms with E-state index in [-0.39, 0.29) is 11.7 Å². The summed E-state index contributed by atoms with van der Waals surface area (Å²) in [7, 11) is 0. The second kappa shape index (κ2) is 7.22. The Hall–Kier alpha value is -2.16. The van der Waals surface area contributed by atoms with Crippen LogP contribution in [0, 0.1) is 5.82 Å². The van der Waals surface area contributed by atoms with Crippen LogP contribution in [0.1, 0.15) is 5.56 Å². The molecule has 2 nitrogen and oxygen atoms in total. The van der Waals surface area contributed by atoms with Gasteiger partial charge in [-0.2, -0.15) is 0 Å². The highest BCUT2D eigenvalue weighted by Gasteiger charge is 2.05. The summed E-state index contributed by atoms with van der Waals surface area (Å²) >= 11 is 0. The molecule has 94 valence electrons. The van der Waals surface area contributed by atoms with Crippen molar-refractivity contribution >= 4 is 12.0 Å². The molecule has 0 saturated heterocycles. The summed E-state index contributed by atoms with van der Waals surface area (Å²) in [6, 6.07) is 5.94. The lowest BCUT2D eigenvalue weighted by molar-refractivity contribution is -0.124. The third-order valence-electron chi connectivity index (χ3n) is 2.30. The predicted octanol–water partition coefficient (Wildman–Crippen LogP) is 3.04. The molecule has 0 aromatic heterocycles. The van der Waals surface area contributed by atoms with E-state index in [0.29, 0.717) is 13.1 Å². The van der Waals surface area contributed by atoms with Crippen molar-refractivity contribution < 1.29 is 9.18 Å². The molecule has 0 saturated carbocycles. The van der Waals surface area contributed by atoms with Crippen molar-refractivity contribution in [1.29, 1.82) is 0 Å². The predicted molar refractivity (Wildman–Crippen MR) is 72.4 cm³/mol. The first-order valence-corrected chi connectivity index (χ1v) is 5.61. The van der Waals surface area contributed by atoms with Crippen molar-refractivity contribution in [3.05, 3.63) is 67.0 Å². The number of carbonyl (C=O) groups excluding carboxylic acids is 1. The van der Waals surface area contributed by atoms with E-state index in [9.17, 15) is 9.18 Å². The van der Waals surface area contributed by atoms with Gasteiger partial charge in [0.2, 0.25) is 5.91 Å². The van der Waals surface area contributed by atoms with Gasteiger partial charge in [-0.25, -0.2) is 4.39 Å². The molecule has 0 fully saturated rings. The Bertz CT molecular complexity index is 438. The number of carbonyl (C=O) groups is 1. The SMILES string of the molecule is C=CCN(CC=C)C(=O)/C=C/c1ccc(F)cc1. The summed E-state index contributed by atoms with van der Waals surface area (Å²) in [5, 5.41) is 0. The highest BCUT2D eigenvalue weighted by Crippen LogP contribution is 2.05. The van der Waals surface area contributed by atoms with Gasteiger partial charge in [-0.1, -0.05) is 24.3 Å². The maximum Gasteiger partial charge on any atom is 0.247 e. The molecule has 0 radical (unpaired) electrons. The van der Waals surface area contributed by atoms with Crippen molar-refractivity contribution in [3.8, 4) is 0 Å². The molecule has 1 rings (SSSR count). The van der Waals surface area contributed by atoms with Crippen molar-refractivity contribution in [3.63, 3.8) is 0 Å². The Morgan fingerprint density at radius 1 is 1.17 bits per heavy atom. The highest BCUT2D eigenvalue weighted by molar-refractivity contribution is 5.91. The number of benzene rings is 1. The molecule has 3 heteroatoms. The van der Waals surface area contributed by atoms with Crippen LogP contribution in [0.3, 0.4) is 0 Å². The molecule has 0 aliphatic carbocycles. The first kappa shape index (κ1) is 13.9. The van der Waals surface area contributed by atoms with Crippen LogP contribution in [0.25, 0.3) is 6.08 Å². The summed E-state index contributed by atoms with van der Waals surface area (Å²) in [6.45, 7) is 8.14. The Balaban J connectivity index is 2.69. The molecule has 0 aliphatic rings. The fourth-order valence-electron chi connectivity index (χ4n) is 1.41. The van der Waals surface area contributed by atoms with E-state index in [1.54, 1.807) is 35.3 Å². The molecular weight excluding hydrogens is 229 g/mol. The largest absolute Gasteiger partial charge is 0.332 e. The third-order valence-corrected chi connectivity index (χ3v) is 2.30. The fraction of sp³-hybridized carbons (Fsp3) is 0.133. The molecule has 1 aromatic carbocycles. The van der Waals surface area contributed by atoms with Crippen molar-refractivity contribution in [2.24, 2.45) is 0 Å². The minimum Gasteiger partial charge on any atom is -0.332 e. The van der Waals surface area contributed by atoms with Crippen LogP contribution in [0.15, 0.2) is 55.7 Å². The lowest BCUT2D eigenvalue weighted by atomic mass is 10.2. The Morgan fingerprint density at radius 3 is 2.22 bits per heavy atom. The zero-order valence-corrected chi connectivity index (χ0v) is 10.2. The van der Waals surface area contributed by atoms with Crippen molar-refractivity contribution in [2.45, 2.75) is 0 Å². The van der Waals surface area contributed by atoms with E-state index in [1.165, 1.54) is 18.2 Å². The molecule has 0 aliphatic heterocycles. The van der Waals surface area contributed by atoms with E-state index in [4.69, 9.17) is 0 Å². The normalized spacial score (nSPS) is 10.3. The lowest BCUT2D eigenvalue weighted by Gasteiger charge is -2.16. The molecule has 0 unspecified atom stereocenters. The van der Waals surface area contributed by atoms with Gasteiger partial charge in [0.1, 0.15) is 5.82 Å². The van der Waals surface area contributed by atoms with Gasteiger partial charge in [0.25, 0.3) is 0 Å². The van der Waals surface area contributed by atoms with Gasteiger partial charge in [0, 0.05) is 19.2 Å². The van der Waals surface area contributed by atoms with Gasteiger partial charge in [-0.15, -0.1) is 13.2 Å². The number of nitrogens with zero attached hydrogens (tertiary/aromatic N) is 1. The average Bonchev–Trinajstić information content (AvgIpc) is 2.37. The van der Waals surface area contributed by atoms with Crippen LogP contribution in [-0.4, -0.2) is 23.9 Å². The van der Waals surface area contributed by atoms with E-state index in [0.717, 1.165) is 5.56 Å². The summed E-state index contributed by atoms with van der Waals surface area (Å²) in [5.74, 6) is -0.419. The number of hydrogen-bond donors (Lipinski definition) is 0. The molecule has 0 heterocycles. The van der Waals surface area contributed by atoms with E-state index in [1.807, 2.05) is 0 Å². The maximum atomic E-state index is 12.7. The van der Waals surface area contributed by atoms with E-state index >= 15 is 0 Å². The monoisotopic (exact) mass is 245 g/mol. The van der Waals surface area contributed by atoms with Gasteiger partial charge in [0.05, 0.1) is 0 Å². The molecule has 0 spiro atoms. The van der Waals surface area contributed by atoms with Crippen molar-refractivity contribution in [2.75, 3.05) is 13.1 Å². The number of amides is 1. The van der Waals surface area contributed by atoms with Crippen LogP contribution in [0.4, 0.5) is 4.39 Å². The Labute approximate surface area is 107 Å². The van der Waals surface area contributed by atoms with Crippen LogP contribution in [0.5, 0.6) is 0 Å². The van der Waals surface area contributed by atoms with Gasteiger partial charge in [-0.05, 0) is 23.8 Å². The van der Waals surface area contributed by atoms with Crippen LogP contribution in [-0.2, 0) is 4.79 Å². The zero-order chi connectivity index (χ0) is 13.4. The quantitative estimate of drug-likeness (QED) is 0.557. The van der Waals surface area contributed by atoms with E-state index in [2.05, 4.69) is 13.2 Å². The summed E-state index contributed by atoms with van der Waals surface area (Å²) < 4.78 is 12.7. The van der Waals surface area contributed by atoms with Gasteiger partial charge in [-0.3, -0.25) is 4.79 Å². The first-order chi connectivity index (χ1) is 8.67. The van der Waals surface area contributed by atoms with E-state index < -0.39 is 0 Å². The molecule has 1 amide bonds. The summed E-state index contributed by atoms with van der Waals surface area (Å²) in [4.78, 5) is 13.4. The molecule has 0 atom stereocenters. The van der Waals surface area contributed by atoms with Crippen LogP contribution < -0.4 is 0 Å². The van der Waals surface area contributed by atoms with Gasteiger partial charge >= 0.3 is 0 Å². The zero-order valence-electron chi connectivity index (χ0n) is 10.2. The average molecular weight is 245 g/mol. The second-order valence-electron chi connectivity index (χ2n) is 3.71. The van der Waals surface area contributed by atoms with Gasteiger partial charge < -0.3 is 4.90 Å². The summed E-state index contributed by atoms with van der Waals surface area (Å²) in [5.41, 5.74) is 0.780. The molecular formula is C15H16FNO. The number of rotatable bonds is 6. The van der Waals surface area contributed by atoms with Gasteiger partial charge in [0.15, 0.2) is 0 Å². The van der Waals surface area contributed by atoms with Crippen LogP contribution >= 0.6 is 0 Å². The fourth-order valence-corrected chi connectivity index (χ4v) is 1.41. The molecule has 18 heavy (non-hydrogen) atoms. The second-order valence-corrected chi connectivity index (χ2v) is 3.71.